The monoisotopic (exact) mass is 332 g/mol. The number of aryl methyl sites for hydroxylation is 1. The van der Waals surface area contributed by atoms with Crippen LogP contribution in [0.2, 0.25) is 0 Å². The summed E-state index contributed by atoms with van der Waals surface area (Å²) in [7, 11) is 0. The van der Waals surface area contributed by atoms with Gasteiger partial charge in [-0.3, -0.25) is 10.1 Å². The van der Waals surface area contributed by atoms with E-state index in [1.807, 2.05) is 45.0 Å². The van der Waals surface area contributed by atoms with Crippen molar-refractivity contribution in [3.05, 3.63) is 35.4 Å². The number of hydrogen-bond donors (Lipinski definition) is 2. The fourth-order valence-electron chi connectivity index (χ4n) is 2.94. The molecule has 0 atom stereocenters. The lowest BCUT2D eigenvalue weighted by atomic mass is 10.1. The van der Waals surface area contributed by atoms with Gasteiger partial charge in [-0.05, 0) is 51.7 Å². The van der Waals surface area contributed by atoms with Crippen molar-refractivity contribution < 1.29 is 14.4 Å². The summed E-state index contributed by atoms with van der Waals surface area (Å²) in [6.45, 7) is 9.92. The molecule has 2 N–H and O–H groups in total. The molecule has 5 heteroatoms. The third-order valence-corrected chi connectivity index (χ3v) is 4.24. The van der Waals surface area contributed by atoms with E-state index in [-0.39, 0.29) is 12.0 Å². The Morgan fingerprint density at radius 3 is 2.62 bits per heavy atom. The van der Waals surface area contributed by atoms with Gasteiger partial charge in [-0.25, -0.2) is 4.99 Å². The first-order valence-electron chi connectivity index (χ1n) is 8.98. The molecular weight excluding hydrogens is 302 g/mol. The van der Waals surface area contributed by atoms with Gasteiger partial charge in [0.15, 0.2) is 0 Å². The number of piperidine rings is 1. The molecule has 1 amide bonds. The van der Waals surface area contributed by atoms with Crippen LogP contribution in [0.1, 0.15) is 49.0 Å². The van der Waals surface area contributed by atoms with E-state index in [0.717, 1.165) is 12.1 Å². The average Bonchev–Trinajstić information content (AvgIpc) is 2.55. The number of nitrogens with one attached hydrogen (secondary N) is 2. The first-order valence-corrected chi connectivity index (χ1v) is 8.98. The van der Waals surface area contributed by atoms with Gasteiger partial charge < -0.3 is 9.64 Å². The van der Waals surface area contributed by atoms with E-state index < -0.39 is 0 Å². The number of rotatable bonds is 5. The quantitative estimate of drug-likeness (QED) is 0.635. The van der Waals surface area contributed by atoms with Crippen LogP contribution in [0.5, 0.6) is 0 Å². The second-order valence-electron chi connectivity index (χ2n) is 6.68. The van der Waals surface area contributed by atoms with Crippen LogP contribution in [0.15, 0.2) is 29.3 Å². The maximum absolute atomic E-state index is 12.4. The molecule has 1 fully saturated rings. The van der Waals surface area contributed by atoms with Gasteiger partial charge in [0.05, 0.1) is 32.3 Å². The first-order chi connectivity index (χ1) is 11.6. The highest BCUT2D eigenvalue weighted by molar-refractivity contribution is 6.04. The molecule has 2 rings (SSSR count). The van der Waals surface area contributed by atoms with Gasteiger partial charge in [-0.2, -0.15) is 0 Å². The smallest absolute Gasteiger partial charge is 0.292 e. The number of amidine groups is 1. The fourth-order valence-corrected chi connectivity index (χ4v) is 2.94. The summed E-state index contributed by atoms with van der Waals surface area (Å²) in [4.78, 5) is 18.5. The van der Waals surface area contributed by atoms with Gasteiger partial charge in [0, 0.05) is 5.56 Å². The van der Waals surface area contributed by atoms with E-state index >= 15 is 0 Å². The Hall–Kier alpha value is -1.88. The van der Waals surface area contributed by atoms with Crippen LogP contribution in [0.4, 0.5) is 0 Å². The minimum atomic E-state index is -0.169. The van der Waals surface area contributed by atoms with Crippen molar-refractivity contribution in [1.29, 1.82) is 0 Å². The Bertz CT molecular complexity index is 563. The number of hydrogen-bond acceptors (Lipinski definition) is 3. The molecule has 24 heavy (non-hydrogen) atoms. The van der Waals surface area contributed by atoms with Crippen LogP contribution in [-0.2, 0) is 4.74 Å². The molecule has 132 valence electrons. The zero-order valence-corrected chi connectivity index (χ0v) is 15.1. The normalized spacial score (nSPS) is 16.2. The number of likely N-dealkylation sites (tertiary alicyclic amines) is 1. The summed E-state index contributed by atoms with van der Waals surface area (Å²) in [5, 5.41) is 2.82. The zero-order chi connectivity index (χ0) is 17.4. The Morgan fingerprint density at radius 1 is 1.25 bits per heavy atom. The number of carbonyl (C=O) groups is 1. The number of aliphatic imine (C=N–C) groups is 1. The number of carbonyl (C=O) groups excluding carboxylic acids is 1. The van der Waals surface area contributed by atoms with Gasteiger partial charge in [0.2, 0.25) is 0 Å². The number of nitrogens with zero attached hydrogens (tertiary/aromatic N) is 1. The molecule has 0 bridgehead atoms. The first kappa shape index (κ1) is 18.5. The SMILES string of the molecule is Cc1ccccc1C(=O)NC(=NCC[NH+]1CCCCC1)OC(C)C. The van der Waals surface area contributed by atoms with Crippen LogP contribution in [0, 0.1) is 6.92 Å². The van der Waals surface area contributed by atoms with Crippen LogP contribution in [0.3, 0.4) is 0 Å². The van der Waals surface area contributed by atoms with Crippen molar-refractivity contribution in [1.82, 2.24) is 5.32 Å². The summed E-state index contributed by atoms with van der Waals surface area (Å²) >= 11 is 0. The average molecular weight is 332 g/mol. The van der Waals surface area contributed by atoms with Crippen LogP contribution in [0.25, 0.3) is 0 Å². The summed E-state index contributed by atoms with van der Waals surface area (Å²) in [5.41, 5.74) is 1.59. The highest BCUT2D eigenvalue weighted by atomic mass is 16.5. The standard InChI is InChI=1S/C19H29N3O2/c1-15(2)24-19(20-11-14-22-12-7-4-8-13-22)21-18(23)17-10-6-5-9-16(17)3/h5-6,9-10,15H,4,7-8,11-14H2,1-3H3,(H,20,21,23)/p+1. The second kappa shape index (κ2) is 9.42. The Morgan fingerprint density at radius 2 is 1.96 bits per heavy atom. The van der Waals surface area contributed by atoms with Gasteiger partial charge in [0.25, 0.3) is 11.9 Å². The Labute approximate surface area is 145 Å². The minimum absolute atomic E-state index is 0.0248. The minimum Gasteiger partial charge on any atom is -0.462 e. The van der Waals surface area contributed by atoms with Gasteiger partial charge in [-0.15, -0.1) is 0 Å². The van der Waals surface area contributed by atoms with Crippen LogP contribution >= 0.6 is 0 Å². The summed E-state index contributed by atoms with van der Waals surface area (Å²) in [5.74, 6) is -0.169. The maximum Gasteiger partial charge on any atom is 0.292 e. The Kier molecular flexibility index (Phi) is 7.25. The molecule has 1 aliphatic rings. The third-order valence-electron chi connectivity index (χ3n) is 4.24. The van der Waals surface area contributed by atoms with E-state index in [2.05, 4.69) is 10.3 Å². The van der Waals surface area contributed by atoms with E-state index in [1.54, 1.807) is 4.90 Å². The topological polar surface area (TPSA) is 55.1 Å². The van der Waals surface area contributed by atoms with E-state index in [9.17, 15) is 4.79 Å². The van der Waals surface area contributed by atoms with Crippen molar-refractivity contribution in [2.24, 2.45) is 4.99 Å². The van der Waals surface area contributed by atoms with Crippen molar-refractivity contribution in [3.8, 4) is 0 Å². The predicted octanol–water partition coefficient (Wildman–Crippen LogP) is 1.57. The summed E-state index contributed by atoms with van der Waals surface area (Å²) in [6.07, 6.45) is 3.93. The van der Waals surface area contributed by atoms with Crippen molar-refractivity contribution in [3.63, 3.8) is 0 Å². The summed E-state index contributed by atoms with van der Waals surface area (Å²) in [6, 6.07) is 7.86. The molecular formula is C19H30N3O2+. The predicted molar refractivity (Wildman–Crippen MR) is 96.6 cm³/mol. The molecule has 5 nitrogen and oxygen atoms in total. The van der Waals surface area contributed by atoms with E-state index in [0.29, 0.717) is 18.1 Å². The van der Waals surface area contributed by atoms with E-state index in [4.69, 9.17) is 4.74 Å². The Balaban J connectivity index is 1.95. The molecule has 0 aliphatic carbocycles. The van der Waals surface area contributed by atoms with Crippen molar-refractivity contribution in [2.75, 3.05) is 26.2 Å². The van der Waals surface area contributed by atoms with Crippen molar-refractivity contribution in [2.45, 2.75) is 46.1 Å². The molecule has 0 saturated carbocycles. The van der Waals surface area contributed by atoms with Gasteiger partial charge in [-0.1, -0.05) is 18.2 Å². The number of amides is 1. The zero-order valence-electron chi connectivity index (χ0n) is 15.1. The molecule has 0 unspecified atom stereocenters. The second-order valence-corrected chi connectivity index (χ2v) is 6.68. The highest BCUT2D eigenvalue weighted by Gasteiger charge is 2.15. The lowest BCUT2D eigenvalue weighted by Gasteiger charge is -2.22. The van der Waals surface area contributed by atoms with Gasteiger partial charge >= 0.3 is 0 Å². The lowest BCUT2D eigenvalue weighted by molar-refractivity contribution is -0.903. The maximum atomic E-state index is 12.4. The fraction of sp³-hybridized carbons (Fsp3) is 0.579. The molecule has 1 aliphatic heterocycles. The third kappa shape index (κ3) is 5.96. The number of ether oxygens (including phenoxy) is 1. The number of benzene rings is 1. The van der Waals surface area contributed by atoms with E-state index in [1.165, 1.54) is 32.4 Å². The summed E-state index contributed by atoms with van der Waals surface area (Å²) < 4.78 is 5.68. The molecule has 1 saturated heterocycles. The number of quaternary nitrogens is 1. The lowest BCUT2D eigenvalue weighted by Crippen LogP contribution is -3.13. The molecule has 0 aromatic heterocycles. The largest absolute Gasteiger partial charge is 0.462 e. The molecule has 1 aromatic rings. The van der Waals surface area contributed by atoms with Crippen LogP contribution < -0.4 is 10.2 Å². The molecule has 0 spiro atoms. The van der Waals surface area contributed by atoms with Gasteiger partial charge in [0.1, 0.15) is 0 Å². The van der Waals surface area contributed by atoms with Crippen molar-refractivity contribution >= 4 is 11.9 Å². The highest BCUT2D eigenvalue weighted by Crippen LogP contribution is 2.06. The molecule has 1 heterocycles. The van der Waals surface area contributed by atoms with Crippen LogP contribution in [-0.4, -0.2) is 44.2 Å². The molecule has 1 aromatic carbocycles. The molecule has 0 radical (unpaired) electrons.